The van der Waals surface area contributed by atoms with Crippen molar-refractivity contribution in [3.63, 3.8) is 0 Å². The Kier molecular flexibility index (Phi) is 8.78. The molecule has 0 fully saturated rings. The maximum absolute atomic E-state index is 12.9. The summed E-state index contributed by atoms with van der Waals surface area (Å²) in [6.07, 6.45) is -0.550. The van der Waals surface area contributed by atoms with Gasteiger partial charge in [0.2, 0.25) is 0 Å². The number of aromatic hydroxyl groups is 2. The van der Waals surface area contributed by atoms with Crippen molar-refractivity contribution in [3.05, 3.63) is 105 Å². The van der Waals surface area contributed by atoms with E-state index in [1.165, 1.54) is 48.5 Å². The highest BCUT2D eigenvalue weighted by atomic mass is 35.5. The van der Waals surface area contributed by atoms with E-state index in [2.05, 4.69) is 9.44 Å². The molecule has 0 unspecified atom stereocenters. The van der Waals surface area contributed by atoms with E-state index in [0.29, 0.717) is 0 Å². The highest BCUT2D eigenvalue weighted by Gasteiger charge is 2.24. The van der Waals surface area contributed by atoms with E-state index >= 15 is 0 Å². The van der Waals surface area contributed by atoms with E-state index in [4.69, 9.17) is 23.2 Å². The molecule has 16 heteroatoms. The largest absolute Gasteiger partial charge is 0.507 e. The van der Waals surface area contributed by atoms with Crippen molar-refractivity contribution in [1.82, 2.24) is 0 Å². The number of hydrogen-bond acceptors (Lipinski definition) is 8. The highest BCUT2D eigenvalue weighted by Crippen LogP contribution is 2.35. The quantitative estimate of drug-likeness (QED) is 0.125. The Morgan fingerprint density at radius 1 is 0.605 bits per heavy atom. The third-order valence-corrected chi connectivity index (χ3v) is 9.27. The average Bonchev–Trinajstić information content (AvgIpc) is 2.91. The topological polar surface area (TPSA) is 207 Å². The standard InChI is InChI=1S/C27H20Cl2N2O10S2/c28-16-1-5-20(6-2-16)42(38,39)30-18-10-14(24(32)22(12-18)26(34)35)9-15-11-19(13-23(25(15)33)27(36)37)31-43(40,41)21-7-3-17(29)4-8-21/h1-8,10-13,30-33H,9H2,(H,34,35)(H,36,37). The molecule has 224 valence electrons. The normalized spacial score (nSPS) is 11.6. The number of aromatic carboxylic acids is 2. The maximum atomic E-state index is 12.9. The van der Waals surface area contributed by atoms with Crippen LogP contribution < -0.4 is 9.44 Å². The summed E-state index contributed by atoms with van der Waals surface area (Å²) in [6, 6.07) is 14.1. The molecule has 4 rings (SSSR count). The Morgan fingerprint density at radius 3 is 1.23 bits per heavy atom. The lowest BCUT2D eigenvalue weighted by Gasteiger charge is -2.16. The smallest absolute Gasteiger partial charge is 0.339 e. The third-order valence-electron chi connectivity index (χ3n) is 5.97. The molecule has 43 heavy (non-hydrogen) atoms. The Morgan fingerprint density at radius 2 is 0.930 bits per heavy atom. The number of sulfonamides is 2. The molecular formula is C27H20Cl2N2O10S2. The number of rotatable bonds is 10. The van der Waals surface area contributed by atoms with Gasteiger partial charge in [-0.1, -0.05) is 23.2 Å². The van der Waals surface area contributed by atoms with Crippen LogP contribution in [0.1, 0.15) is 31.8 Å². The van der Waals surface area contributed by atoms with Crippen molar-refractivity contribution < 1.29 is 46.9 Å². The van der Waals surface area contributed by atoms with Crippen LogP contribution in [0.15, 0.2) is 82.6 Å². The summed E-state index contributed by atoms with van der Waals surface area (Å²) in [5.74, 6) is -4.84. The summed E-state index contributed by atoms with van der Waals surface area (Å²) in [7, 11) is -8.51. The summed E-state index contributed by atoms with van der Waals surface area (Å²) in [5, 5.41) is 41.2. The maximum Gasteiger partial charge on any atom is 0.339 e. The Hall–Kier alpha value is -4.50. The van der Waals surface area contributed by atoms with Gasteiger partial charge in [0.15, 0.2) is 0 Å². The first kappa shape index (κ1) is 31.4. The van der Waals surface area contributed by atoms with Gasteiger partial charge in [-0.05, 0) is 72.8 Å². The third kappa shape index (κ3) is 7.11. The van der Waals surface area contributed by atoms with Crippen LogP contribution >= 0.6 is 23.2 Å². The zero-order valence-electron chi connectivity index (χ0n) is 21.4. The summed E-state index contributed by atoms with van der Waals surface area (Å²) in [5.41, 5.74) is -2.45. The van der Waals surface area contributed by atoms with E-state index in [1.54, 1.807) is 0 Å². The van der Waals surface area contributed by atoms with Gasteiger partial charge >= 0.3 is 11.9 Å². The molecule has 0 bridgehead atoms. The molecule has 0 spiro atoms. The van der Waals surface area contributed by atoms with Gasteiger partial charge in [0.25, 0.3) is 20.0 Å². The monoisotopic (exact) mass is 666 g/mol. The molecule has 0 saturated heterocycles. The van der Waals surface area contributed by atoms with Gasteiger partial charge in [0.05, 0.1) is 21.2 Å². The molecule has 0 amide bonds. The van der Waals surface area contributed by atoms with Crippen molar-refractivity contribution in [2.75, 3.05) is 9.44 Å². The highest BCUT2D eigenvalue weighted by molar-refractivity contribution is 7.93. The summed E-state index contributed by atoms with van der Waals surface area (Å²) < 4.78 is 56.0. The zero-order valence-corrected chi connectivity index (χ0v) is 24.6. The Balaban J connectivity index is 1.77. The summed E-state index contributed by atoms with van der Waals surface area (Å²) in [4.78, 5) is 23.3. The molecule has 12 nitrogen and oxygen atoms in total. The van der Waals surface area contributed by atoms with E-state index in [1.807, 2.05) is 0 Å². The van der Waals surface area contributed by atoms with Crippen LogP contribution in [0.2, 0.25) is 10.0 Å². The lowest BCUT2D eigenvalue weighted by atomic mass is 9.97. The average molecular weight is 668 g/mol. The second-order valence-corrected chi connectivity index (χ2v) is 13.2. The molecule has 4 aromatic rings. The predicted molar refractivity (Wildman–Crippen MR) is 157 cm³/mol. The van der Waals surface area contributed by atoms with Crippen LogP contribution in [0.5, 0.6) is 11.5 Å². The fourth-order valence-electron chi connectivity index (χ4n) is 3.96. The van der Waals surface area contributed by atoms with Crippen LogP contribution in [0.3, 0.4) is 0 Å². The molecule has 4 aromatic carbocycles. The number of benzene rings is 4. The number of carbonyl (C=O) groups is 2. The minimum absolute atomic E-state index is 0.201. The fourth-order valence-corrected chi connectivity index (χ4v) is 6.30. The van der Waals surface area contributed by atoms with Crippen LogP contribution in [-0.4, -0.2) is 49.2 Å². The number of carboxylic acids is 2. The molecule has 0 atom stereocenters. The molecule has 0 heterocycles. The molecule has 0 aromatic heterocycles. The van der Waals surface area contributed by atoms with Gasteiger partial charge in [-0.25, -0.2) is 26.4 Å². The van der Waals surface area contributed by atoms with Crippen molar-refractivity contribution in [2.45, 2.75) is 16.2 Å². The first-order chi connectivity index (χ1) is 20.1. The van der Waals surface area contributed by atoms with Crippen LogP contribution in [-0.2, 0) is 26.5 Å². The SMILES string of the molecule is O=C(O)c1cc(NS(=O)(=O)c2ccc(Cl)cc2)cc(Cc2cc(NS(=O)(=O)c3ccc(Cl)cc3)cc(C(=O)O)c2O)c1O. The van der Waals surface area contributed by atoms with E-state index in [9.17, 15) is 46.9 Å². The molecule has 0 aliphatic carbocycles. The van der Waals surface area contributed by atoms with Crippen LogP contribution in [0.25, 0.3) is 0 Å². The van der Waals surface area contributed by atoms with Crippen molar-refractivity contribution in [2.24, 2.45) is 0 Å². The zero-order chi connectivity index (χ0) is 31.7. The van der Waals surface area contributed by atoms with E-state index in [0.717, 1.165) is 24.3 Å². The molecular weight excluding hydrogens is 647 g/mol. The van der Waals surface area contributed by atoms with Crippen LogP contribution in [0.4, 0.5) is 11.4 Å². The first-order valence-corrected chi connectivity index (χ1v) is 15.5. The number of carboxylic acid groups (broad SMARTS) is 2. The summed E-state index contributed by atoms with van der Waals surface area (Å²) in [6.45, 7) is 0. The van der Waals surface area contributed by atoms with E-state index < -0.39 is 61.0 Å². The predicted octanol–water partition coefficient (Wildman–Crippen LogP) is 4.99. The van der Waals surface area contributed by atoms with E-state index in [-0.39, 0.29) is 42.3 Å². The Labute approximate surface area is 254 Å². The first-order valence-electron chi connectivity index (χ1n) is 11.8. The van der Waals surface area contributed by atoms with Crippen LogP contribution in [0, 0.1) is 0 Å². The number of anilines is 2. The molecule has 6 N–H and O–H groups in total. The fraction of sp³-hybridized carbons (Fsp3) is 0.0370. The lowest BCUT2D eigenvalue weighted by Crippen LogP contribution is -2.14. The van der Waals surface area contributed by atoms with Crippen molar-refractivity contribution >= 4 is 66.6 Å². The van der Waals surface area contributed by atoms with Gasteiger partial charge in [-0.2, -0.15) is 0 Å². The molecule has 0 radical (unpaired) electrons. The Bertz CT molecular complexity index is 1820. The number of hydrogen-bond donors (Lipinski definition) is 6. The minimum atomic E-state index is -4.25. The minimum Gasteiger partial charge on any atom is -0.507 e. The van der Waals surface area contributed by atoms with Gasteiger partial charge < -0.3 is 20.4 Å². The molecule has 0 aliphatic rings. The molecule has 0 saturated carbocycles. The van der Waals surface area contributed by atoms with Gasteiger partial charge in [0.1, 0.15) is 22.6 Å². The van der Waals surface area contributed by atoms with Crippen molar-refractivity contribution in [1.29, 1.82) is 0 Å². The number of nitrogens with one attached hydrogen (secondary N) is 2. The second-order valence-electron chi connectivity index (χ2n) is 8.97. The van der Waals surface area contributed by atoms with Crippen molar-refractivity contribution in [3.8, 4) is 11.5 Å². The van der Waals surface area contributed by atoms with Gasteiger partial charge in [0, 0.05) is 27.6 Å². The second kappa shape index (κ2) is 12.0. The molecule has 0 aliphatic heterocycles. The van der Waals surface area contributed by atoms with Gasteiger partial charge in [-0.3, -0.25) is 9.44 Å². The lowest BCUT2D eigenvalue weighted by molar-refractivity contribution is 0.0682. The number of halogens is 2. The number of phenols is 2. The summed E-state index contributed by atoms with van der Waals surface area (Å²) >= 11 is 11.6. The van der Waals surface area contributed by atoms with Gasteiger partial charge in [-0.15, -0.1) is 0 Å².